The molecule has 0 aliphatic carbocycles. The first-order valence-corrected chi connectivity index (χ1v) is 12.3. The number of anilines is 1. The Kier molecular flexibility index (Phi) is 6.08. The van der Waals surface area contributed by atoms with Gasteiger partial charge >= 0.3 is 0 Å². The summed E-state index contributed by atoms with van der Waals surface area (Å²) >= 11 is 2.17. The van der Waals surface area contributed by atoms with Gasteiger partial charge in [-0.3, -0.25) is 0 Å². The maximum Gasteiger partial charge on any atom is 0.243 e. The van der Waals surface area contributed by atoms with E-state index in [0.717, 1.165) is 20.6 Å². The molecule has 4 rings (SSSR count). The van der Waals surface area contributed by atoms with Gasteiger partial charge in [0.15, 0.2) is 5.82 Å². The van der Waals surface area contributed by atoms with E-state index >= 15 is 0 Å². The molecule has 3 aromatic rings. The Hall–Kier alpha value is -2.04. The summed E-state index contributed by atoms with van der Waals surface area (Å²) in [5.74, 6) is 0.773. The number of benzene rings is 2. The third kappa shape index (κ3) is 4.35. The van der Waals surface area contributed by atoms with Crippen LogP contribution in [-0.4, -0.2) is 49.1 Å². The van der Waals surface area contributed by atoms with E-state index in [1.54, 1.807) is 16.4 Å². The van der Waals surface area contributed by atoms with Crippen LogP contribution in [0.3, 0.4) is 0 Å². The Morgan fingerprint density at radius 1 is 0.867 bits per heavy atom. The summed E-state index contributed by atoms with van der Waals surface area (Å²) < 4.78 is 28.3. The predicted octanol–water partition coefficient (Wildman–Crippen LogP) is 3.88. The van der Waals surface area contributed by atoms with Crippen LogP contribution in [0.25, 0.3) is 11.3 Å². The van der Waals surface area contributed by atoms with Gasteiger partial charge in [-0.15, -0.1) is 10.2 Å². The minimum Gasteiger partial charge on any atom is -0.352 e. The summed E-state index contributed by atoms with van der Waals surface area (Å²) in [5.41, 5.74) is 4.31. The van der Waals surface area contributed by atoms with Crippen molar-refractivity contribution in [3.63, 3.8) is 0 Å². The summed E-state index contributed by atoms with van der Waals surface area (Å²) in [7, 11) is -3.47. The van der Waals surface area contributed by atoms with Crippen molar-refractivity contribution in [2.24, 2.45) is 0 Å². The van der Waals surface area contributed by atoms with Crippen LogP contribution < -0.4 is 4.90 Å². The number of rotatable bonds is 4. The molecule has 6 nitrogen and oxygen atoms in total. The van der Waals surface area contributed by atoms with Gasteiger partial charge in [0, 0.05) is 35.3 Å². The Morgan fingerprint density at radius 3 is 2.17 bits per heavy atom. The Labute approximate surface area is 191 Å². The first kappa shape index (κ1) is 21.2. The number of sulfonamides is 1. The maximum absolute atomic E-state index is 12.9. The van der Waals surface area contributed by atoms with Gasteiger partial charge in [0.1, 0.15) is 0 Å². The molecule has 0 spiro atoms. The van der Waals surface area contributed by atoms with Crippen LogP contribution in [0.4, 0.5) is 5.82 Å². The van der Waals surface area contributed by atoms with Crippen molar-refractivity contribution < 1.29 is 8.42 Å². The average Bonchev–Trinajstić information content (AvgIpc) is 2.74. The van der Waals surface area contributed by atoms with E-state index in [2.05, 4.69) is 69.7 Å². The number of piperazine rings is 1. The largest absolute Gasteiger partial charge is 0.352 e. The topological polar surface area (TPSA) is 66.4 Å². The zero-order valence-electron chi connectivity index (χ0n) is 16.9. The molecule has 0 atom stereocenters. The van der Waals surface area contributed by atoms with E-state index < -0.39 is 10.0 Å². The lowest BCUT2D eigenvalue weighted by molar-refractivity contribution is 0.383. The molecule has 0 unspecified atom stereocenters. The standard InChI is InChI=1S/C22H23IN4O2S/c1-16-3-8-20(17(2)15-16)21-9-10-22(25-24-21)26-11-13-27(14-12-26)30(28,29)19-6-4-18(23)5-7-19/h3-10,15H,11-14H2,1-2H3. The molecule has 1 aromatic heterocycles. The monoisotopic (exact) mass is 534 g/mol. The number of aromatic nitrogens is 2. The van der Waals surface area contributed by atoms with Gasteiger partial charge in [0.25, 0.3) is 0 Å². The van der Waals surface area contributed by atoms with E-state index in [0.29, 0.717) is 31.1 Å². The lowest BCUT2D eigenvalue weighted by Crippen LogP contribution is -2.49. The van der Waals surface area contributed by atoms with Crippen molar-refractivity contribution in [1.82, 2.24) is 14.5 Å². The highest BCUT2D eigenvalue weighted by molar-refractivity contribution is 14.1. The molecule has 0 radical (unpaired) electrons. The second-order valence-electron chi connectivity index (χ2n) is 7.44. The molecule has 30 heavy (non-hydrogen) atoms. The molecule has 1 fully saturated rings. The summed E-state index contributed by atoms with van der Waals surface area (Å²) in [4.78, 5) is 2.42. The van der Waals surface area contributed by atoms with Crippen molar-refractivity contribution in [2.75, 3.05) is 31.1 Å². The predicted molar refractivity (Wildman–Crippen MR) is 127 cm³/mol. The van der Waals surface area contributed by atoms with Crippen molar-refractivity contribution in [3.05, 3.63) is 69.3 Å². The maximum atomic E-state index is 12.9. The van der Waals surface area contributed by atoms with Crippen LogP contribution in [0.1, 0.15) is 11.1 Å². The van der Waals surface area contributed by atoms with E-state index in [1.165, 1.54) is 11.1 Å². The molecule has 1 aliphatic rings. The van der Waals surface area contributed by atoms with Crippen LogP contribution in [0, 0.1) is 17.4 Å². The van der Waals surface area contributed by atoms with E-state index in [9.17, 15) is 8.42 Å². The second kappa shape index (κ2) is 8.60. The third-order valence-corrected chi connectivity index (χ3v) is 7.95. The summed E-state index contributed by atoms with van der Waals surface area (Å²) in [5, 5.41) is 8.82. The fourth-order valence-corrected chi connectivity index (χ4v) is 5.43. The molecule has 1 saturated heterocycles. The zero-order chi connectivity index (χ0) is 21.3. The van der Waals surface area contributed by atoms with Gasteiger partial charge in [-0.25, -0.2) is 8.42 Å². The molecular weight excluding hydrogens is 511 g/mol. The van der Waals surface area contributed by atoms with Gasteiger partial charge in [-0.2, -0.15) is 4.31 Å². The highest BCUT2D eigenvalue weighted by Crippen LogP contribution is 2.24. The minimum absolute atomic E-state index is 0.342. The van der Waals surface area contributed by atoms with Crippen molar-refractivity contribution >= 4 is 38.4 Å². The average molecular weight is 534 g/mol. The van der Waals surface area contributed by atoms with Crippen LogP contribution in [0.15, 0.2) is 59.5 Å². The number of hydrogen-bond donors (Lipinski definition) is 0. The van der Waals surface area contributed by atoms with Crippen LogP contribution in [0.2, 0.25) is 0 Å². The first-order valence-electron chi connectivity index (χ1n) is 9.76. The molecule has 2 aromatic carbocycles. The smallest absolute Gasteiger partial charge is 0.243 e. The molecule has 0 bridgehead atoms. The lowest BCUT2D eigenvalue weighted by Gasteiger charge is -2.34. The van der Waals surface area contributed by atoms with Crippen LogP contribution in [0.5, 0.6) is 0 Å². The van der Waals surface area contributed by atoms with Gasteiger partial charge < -0.3 is 4.90 Å². The second-order valence-corrected chi connectivity index (χ2v) is 10.6. The van der Waals surface area contributed by atoms with Gasteiger partial charge in [0.2, 0.25) is 10.0 Å². The van der Waals surface area contributed by atoms with Crippen LogP contribution >= 0.6 is 22.6 Å². The molecule has 1 aliphatic heterocycles. The Bertz CT molecular complexity index is 1140. The molecule has 2 heterocycles. The van der Waals surface area contributed by atoms with Gasteiger partial charge in [0.05, 0.1) is 10.6 Å². The lowest BCUT2D eigenvalue weighted by atomic mass is 10.0. The fourth-order valence-electron chi connectivity index (χ4n) is 3.65. The SMILES string of the molecule is Cc1ccc(-c2ccc(N3CCN(S(=O)(=O)c4ccc(I)cc4)CC3)nn2)c(C)c1. The van der Waals surface area contributed by atoms with Gasteiger partial charge in [-0.05, 0) is 78.4 Å². The zero-order valence-corrected chi connectivity index (χ0v) is 19.9. The summed E-state index contributed by atoms with van der Waals surface area (Å²) in [6.45, 7) is 6.17. The number of halogens is 1. The molecule has 0 saturated carbocycles. The summed E-state index contributed by atoms with van der Waals surface area (Å²) in [6, 6.07) is 17.2. The minimum atomic E-state index is -3.47. The van der Waals surface area contributed by atoms with E-state index in [-0.39, 0.29) is 0 Å². The summed E-state index contributed by atoms with van der Waals surface area (Å²) in [6.07, 6.45) is 0. The van der Waals surface area contributed by atoms with Gasteiger partial charge in [-0.1, -0.05) is 23.8 Å². The fraction of sp³-hybridized carbons (Fsp3) is 0.273. The van der Waals surface area contributed by atoms with Crippen molar-refractivity contribution in [2.45, 2.75) is 18.7 Å². The molecule has 8 heteroatoms. The Balaban J connectivity index is 1.44. The molecule has 0 amide bonds. The first-order chi connectivity index (χ1) is 14.3. The number of hydrogen-bond acceptors (Lipinski definition) is 5. The molecule has 0 N–H and O–H groups in total. The van der Waals surface area contributed by atoms with Crippen molar-refractivity contribution in [1.29, 1.82) is 0 Å². The van der Waals surface area contributed by atoms with E-state index in [4.69, 9.17) is 0 Å². The third-order valence-electron chi connectivity index (χ3n) is 5.32. The highest BCUT2D eigenvalue weighted by atomic mass is 127. The number of aryl methyl sites for hydroxylation is 2. The quantitative estimate of drug-likeness (QED) is 0.476. The van der Waals surface area contributed by atoms with E-state index in [1.807, 2.05) is 24.3 Å². The Morgan fingerprint density at radius 2 is 1.57 bits per heavy atom. The van der Waals surface area contributed by atoms with Crippen LogP contribution in [-0.2, 0) is 10.0 Å². The molecule has 156 valence electrons. The molecular formula is C22H23IN4O2S. The highest BCUT2D eigenvalue weighted by Gasteiger charge is 2.29. The number of nitrogens with zero attached hydrogens (tertiary/aromatic N) is 4. The normalized spacial score (nSPS) is 15.4. The van der Waals surface area contributed by atoms with Crippen molar-refractivity contribution in [3.8, 4) is 11.3 Å².